The van der Waals surface area contributed by atoms with Crippen LogP contribution in [0, 0.1) is 0 Å². The largest absolute Gasteiger partial charge is 0.493 e. The van der Waals surface area contributed by atoms with Crippen molar-refractivity contribution >= 4 is 0 Å². The maximum Gasteiger partial charge on any atom is 0.429 e. The smallest absolute Gasteiger partial charge is 0.429 e. The minimum Gasteiger partial charge on any atom is -0.493 e. The molecule has 2 aromatic carbocycles. The van der Waals surface area contributed by atoms with Gasteiger partial charge in [-0.2, -0.15) is 13.2 Å². The maximum absolute atomic E-state index is 14.0. The molecule has 0 amide bonds. The summed E-state index contributed by atoms with van der Waals surface area (Å²) in [5, 5.41) is 19.1. The van der Waals surface area contributed by atoms with Crippen molar-refractivity contribution in [1.29, 1.82) is 0 Å². The summed E-state index contributed by atoms with van der Waals surface area (Å²) in [6.45, 7) is 3.37. The summed E-state index contributed by atoms with van der Waals surface area (Å²) in [6.07, 6.45) is -4.58. The molecular weight excluding hydrogens is 349 g/mol. The Morgan fingerprint density at radius 2 is 1.65 bits per heavy atom. The Hall–Kier alpha value is -2.09. The molecule has 0 spiro atoms. The van der Waals surface area contributed by atoms with E-state index in [1.165, 1.54) is 30.3 Å². The second-order valence-electron chi connectivity index (χ2n) is 6.91. The van der Waals surface area contributed by atoms with Gasteiger partial charge in [0.15, 0.2) is 0 Å². The number of benzene rings is 2. The lowest BCUT2D eigenvalue weighted by molar-refractivity contribution is -0.392. The monoisotopic (exact) mass is 368 g/mol. The Kier molecular flexibility index (Phi) is 4.50. The van der Waals surface area contributed by atoms with Gasteiger partial charge in [-0.1, -0.05) is 36.4 Å². The van der Waals surface area contributed by atoms with Crippen LogP contribution in [0.25, 0.3) is 11.1 Å². The van der Waals surface area contributed by atoms with Crippen molar-refractivity contribution < 1.29 is 33.2 Å². The lowest BCUT2D eigenvalue weighted by Gasteiger charge is -2.30. The van der Waals surface area contributed by atoms with Gasteiger partial charge < -0.3 is 9.84 Å². The van der Waals surface area contributed by atoms with Crippen LogP contribution in [0.3, 0.4) is 0 Å². The van der Waals surface area contributed by atoms with Gasteiger partial charge in [0.2, 0.25) is 5.60 Å². The molecule has 0 bridgehead atoms. The van der Waals surface area contributed by atoms with E-state index in [-0.39, 0.29) is 34.6 Å². The fourth-order valence-corrected chi connectivity index (χ4v) is 3.24. The molecule has 0 saturated carbocycles. The van der Waals surface area contributed by atoms with Crippen molar-refractivity contribution in [3.8, 4) is 16.9 Å². The Labute approximate surface area is 148 Å². The van der Waals surface area contributed by atoms with E-state index in [1.54, 1.807) is 26.0 Å². The van der Waals surface area contributed by atoms with Crippen LogP contribution in [0.4, 0.5) is 13.2 Å². The van der Waals surface area contributed by atoms with Gasteiger partial charge in [0.1, 0.15) is 5.75 Å². The predicted octanol–water partition coefficient (Wildman–Crippen LogP) is 4.50. The minimum atomic E-state index is -4.88. The van der Waals surface area contributed by atoms with Crippen molar-refractivity contribution in [3.63, 3.8) is 0 Å². The van der Waals surface area contributed by atoms with Crippen LogP contribution in [0.15, 0.2) is 42.5 Å². The number of hydrogen-bond donors (Lipinski definition) is 2. The Bertz CT molecular complexity index is 811. The highest BCUT2D eigenvalue weighted by atomic mass is 19.4. The molecule has 4 nitrogen and oxygen atoms in total. The highest BCUT2D eigenvalue weighted by Gasteiger charge is 2.64. The third-order valence-electron chi connectivity index (χ3n) is 4.49. The zero-order chi connectivity index (χ0) is 19.2. The fourth-order valence-electron chi connectivity index (χ4n) is 3.24. The number of hydrogen-bond acceptors (Lipinski definition) is 4. The van der Waals surface area contributed by atoms with Crippen LogP contribution in [0.2, 0.25) is 0 Å². The second kappa shape index (κ2) is 6.26. The van der Waals surface area contributed by atoms with E-state index in [2.05, 4.69) is 4.89 Å². The molecule has 0 aliphatic heterocycles. The average Bonchev–Trinajstić information content (AvgIpc) is 2.85. The Balaban J connectivity index is 2.14. The molecule has 0 heterocycles. The van der Waals surface area contributed by atoms with Gasteiger partial charge in [-0.15, -0.1) is 0 Å². The molecule has 1 aliphatic carbocycles. The maximum atomic E-state index is 14.0. The number of alkyl halides is 3. The molecule has 1 atom stereocenters. The second-order valence-corrected chi connectivity index (χ2v) is 6.91. The quantitative estimate of drug-likeness (QED) is 0.603. The summed E-state index contributed by atoms with van der Waals surface area (Å²) in [7, 11) is 0. The lowest BCUT2D eigenvalue weighted by Crippen LogP contribution is -2.43. The minimum absolute atomic E-state index is 0.126. The molecule has 2 N–H and O–H groups in total. The summed E-state index contributed by atoms with van der Waals surface area (Å²) in [5.41, 5.74) is -3.83. The van der Waals surface area contributed by atoms with Crippen LogP contribution in [-0.2, 0) is 10.5 Å². The van der Waals surface area contributed by atoms with Crippen molar-refractivity contribution in [2.75, 3.05) is 6.61 Å². The Morgan fingerprint density at radius 3 is 2.27 bits per heavy atom. The number of rotatable bonds is 5. The molecule has 0 radical (unpaired) electrons. The van der Waals surface area contributed by atoms with Crippen molar-refractivity contribution in [1.82, 2.24) is 0 Å². The highest BCUT2D eigenvalue weighted by Crippen LogP contribution is 2.58. The first-order valence-corrected chi connectivity index (χ1v) is 8.09. The van der Waals surface area contributed by atoms with Crippen LogP contribution in [-0.4, -0.2) is 28.7 Å². The number of fused-ring (bicyclic) bond motifs is 3. The van der Waals surface area contributed by atoms with E-state index in [1.807, 2.05) is 0 Å². The van der Waals surface area contributed by atoms with E-state index < -0.39 is 17.4 Å². The first-order chi connectivity index (χ1) is 12.1. The summed E-state index contributed by atoms with van der Waals surface area (Å²) < 4.78 is 47.5. The molecule has 7 heteroatoms. The summed E-state index contributed by atoms with van der Waals surface area (Å²) in [6, 6.07) is 10.1. The van der Waals surface area contributed by atoms with Crippen LogP contribution in [0.1, 0.15) is 31.4 Å². The molecule has 3 rings (SSSR count). The third-order valence-corrected chi connectivity index (χ3v) is 4.49. The molecule has 0 saturated heterocycles. The molecule has 140 valence electrons. The van der Waals surface area contributed by atoms with Crippen molar-refractivity contribution in [3.05, 3.63) is 53.6 Å². The zero-order valence-electron chi connectivity index (χ0n) is 14.3. The van der Waals surface area contributed by atoms with Gasteiger partial charge >= 0.3 is 6.18 Å². The molecule has 26 heavy (non-hydrogen) atoms. The highest BCUT2D eigenvalue weighted by molar-refractivity contribution is 5.85. The SMILES string of the molecule is CC(C)(O)CCOc1cccc2c1-c1ccccc1[C@]2(OO)C(F)(F)F. The van der Waals surface area contributed by atoms with E-state index >= 15 is 0 Å². The fraction of sp³-hybridized carbons (Fsp3) is 0.368. The van der Waals surface area contributed by atoms with Gasteiger partial charge in [-0.05, 0) is 25.5 Å². The van der Waals surface area contributed by atoms with E-state index in [0.29, 0.717) is 6.42 Å². The predicted molar refractivity (Wildman–Crippen MR) is 88.8 cm³/mol. The molecule has 0 fully saturated rings. The summed E-state index contributed by atoms with van der Waals surface area (Å²) in [4.78, 5) is 4.11. The van der Waals surface area contributed by atoms with Crippen molar-refractivity contribution in [2.45, 2.75) is 37.6 Å². The molecule has 1 aliphatic rings. The molecule has 2 aromatic rings. The molecule has 0 unspecified atom stereocenters. The normalized spacial score (nSPS) is 19.2. The van der Waals surface area contributed by atoms with Crippen LogP contribution < -0.4 is 4.74 Å². The number of halogens is 3. The third kappa shape index (κ3) is 2.86. The van der Waals surface area contributed by atoms with E-state index in [9.17, 15) is 23.5 Å². The lowest BCUT2D eigenvalue weighted by atomic mass is 9.90. The van der Waals surface area contributed by atoms with Crippen LogP contribution >= 0.6 is 0 Å². The summed E-state index contributed by atoms with van der Waals surface area (Å²) in [5.74, 6) is 0.238. The standard InChI is InChI=1S/C19H19F3O4/c1-17(2,23)10-11-25-15-9-5-8-14-16(15)12-6-3-4-7-13(12)18(14,26-24)19(20,21)22/h3-9,23-24H,10-11H2,1-2H3/t18-/m1/s1. The van der Waals surface area contributed by atoms with Gasteiger partial charge in [0.25, 0.3) is 0 Å². The topological polar surface area (TPSA) is 58.9 Å². The molecular formula is C19H19F3O4. The van der Waals surface area contributed by atoms with E-state index in [4.69, 9.17) is 4.74 Å². The summed E-state index contributed by atoms with van der Waals surface area (Å²) >= 11 is 0. The first kappa shape index (κ1) is 18.7. The first-order valence-electron chi connectivity index (χ1n) is 8.09. The zero-order valence-corrected chi connectivity index (χ0v) is 14.3. The molecule has 0 aromatic heterocycles. The van der Waals surface area contributed by atoms with Gasteiger partial charge in [-0.25, -0.2) is 4.89 Å². The number of ether oxygens (including phenoxy) is 1. The van der Waals surface area contributed by atoms with Crippen LogP contribution in [0.5, 0.6) is 5.75 Å². The Morgan fingerprint density at radius 1 is 1.00 bits per heavy atom. The van der Waals surface area contributed by atoms with Gasteiger partial charge in [0, 0.05) is 23.1 Å². The van der Waals surface area contributed by atoms with Crippen molar-refractivity contribution in [2.24, 2.45) is 0 Å². The van der Waals surface area contributed by atoms with Gasteiger partial charge in [0.05, 0.1) is 12.2 Å². The van der Waals surface area contributed by atoms with E-state index in [0.717, 1.165) is 0 Å². The average molecular weight is 368 g/mol. The van der Waals surface area contributed by atoms with Gasteiger partial charge in [-0.3, -0.25) is 5.26 Å². The number of aliphatic hydroxyl groups is 1.